The van der Waals surface area contributed by atoms with Crippen molar-refractivity contribution in [3.8, 4) is 0 Å². The Labute approximate surface area is 109 Å². The largest absolute Gasteiger partial charge is 0.466 e. The highest BCUT2D eigenvalue weighted by atomic mass is 35.5. The summed E-state index contributed by atoms with van der Waals surface area (Å²) in [5, 5.41) is 0. The molecule has 1 aromatic carbocycles. The SMILES string of the molecule is CCOC(=O)CC(N)=Nc1ccc(F)cc1F.Cl. The van der Waals surface area contributed by atoms with Crippen molar-refractivity contribution in [3.05, 3.63) is 29.8 Å². The molecule has 0 saturated carbocycles. The van der Waals surface area contributed by atoms with Crippen LogP contribution in [0.3, 0.4) is 0 Å². The van der Waals surface area contributed by atoms with E-state index < -0.39 is 17.6 Å². The van der Waals surface area contributed by atoms with Gasteiger partial charge in [0.1, 0.15) is 23.8 Å². The predicted octanol–water partition coefficient (Wildman–Crippen LogP) is 2.33. The molecule has 4 nitrogen and oxygen atoms in total. The molecule has 7 heteroatoms. The molecule has 0 aliphatic heterocycles. The third kappa shape index (κ3) is 5.09. The molecule has 0 saturated heterocycles. The maximum atomic E-state index is 13.2. The quantitative estimate of drug-likeness (QED) is 0.522. The van der Waals surface area contributed by atoms with E-state index >= 15 is 0 Å². The lowest BCUT2D eigenvalue weighted by Gasteiger charge is -2.02. The fourth-order valence-corrected chi connectivity index (χ4v) is 1.13. The molecule has 0 fully saturated rings. The number of nitrogens with zero attached hydrogens (tertiary/aromatic N) is 1. The van der Waals surface area contributed by atoms with Crippen LogP contribution < -0.4 is 5.73 Å². The standard InChI is InChI=1S/C11H12F2N2O2.ClH/c1-2-17-11(16)6-10(14)15-9-4-3-7(12)5-8(9)13;/h3-5H,2,6H2,1H3,(H2,14,15);1H. The first-order valence-corrected chi connectivity index (χ1v) is 4.96. The minimum absolute atomic E-state index is 0. The fourth-order valence-electron chi connectivity index (χ4n) is 1.13. The van der Waals surface area contributed by atoms with E-state index in [1.165, 1.54) is 0 Å². The summed E-state index contributed by atoms with van der Waals surface area (Å²) in [6, 6.07) is 2.89. The topological polar surface area (TPSA) is 64.7 Å². The number of rotatable bonds is 4. The summed E-state index contributed by atoms with van der Waals surface area (Å²) in [5.74, 6) is -2.17. The molecule has 1 aromatic rings. The summed E-state index contributed by atoms with van der Waals surface area (Å²) in [4.78, 5) is 14.7. The molecule has 100 valence electrons. The zero-order chi connectivity index (χ0) is 12.8. The number of hydrogen-bond acceptors (Lipinski definition) is 3. The number of carbonyl (C=O) groups excluding carboxylic acids is 1. The molecule has 0 heterocycles. The number of ether oxygens (including phenoxy) is 1. The number of carbonyl (C=O) groups is 1. The second-order valence-corrected chi connectivity index (χ2v) is 3.18. The highest BCUT2D eigenvalue weighted by Crippen LogP contribution is 2.18. The lowest BCUT2D eigenvalue weighted by molar-refractivity contribution is -0.141. The van der Waals surface area contributed by atoms with Crippen LogP contribution in [0.2, 0.25) is 0 Å². The molecule has 0 aromatic heterocycles. The van der Waals surface area contributed by atoms with Crippen LogP contribution >= 0.6 is 12.4 Å². The number of aliphatic imine (C=N–C) groups is 1. The summed E-state index contributed by atoms with van der Waals surface area (Å²) in [6.45, 7) is 1.89. The normalized spacial score (nSPS) is 10.7. The molecule has 0 atom stereocenters. The van der Waals surface area contributed by atoms with Crippen LogP contribution in [0.1, 0.15) is 13.3 Å². The molecule has 1 rings (SSSR count). The second-order valence-electron chi connectivity index (χ2n) is 3.18. The van der Waals surface area contributed by atoms with E-state index in [0.717, 1.165) is 12.1 Å². The van der Waals surface area contributed by atoms with Crippen LogP contribution in [0.5, 0.6) is 0 Å². The Bertz CT molecular complexity index is 453. The smallest absolute Gasteiger partial charge is 0.313 e. The molecule has 2 N–H and O–H groups in total. The summed E-state index contributed by atoms with van der Waals surface area (Å²) in [6.07, 6.45) is -0.231. The molecule has 0 bridgehead atoms. The summed E-state index contributed by atoms with van der Waals surface area (Å²) in [5.41, 5.74) is 5.32. The highest BCUT2D eigenvalue weighted by molar-refractivity contribution is 5.97. The number of benzene rings is 1. The van der Waals surface area contributed by atoms with Gasteiger partial charge in [0.15, 0.2) is 5.82 Å². The van der Waals surface area contributed by atoms with Crippen LogP contribution in [0, 0.1) is 11.6 Å². The zero-order valence-corrected chi connectivity index (χ0v) is 10.5. The van der Waals surface area contributed by atoms with Crippen molar-refractivity contribution in [1.82, 2.24) is 0 Å². The number of esters is 1. The predicted molar refractivity (Wildman–Crippen MR) is 66.1 cm³/mol. The third-order valence-electron chi connectivity index (χ3n) is 1.80. The lowest BCUT2D eigenvalue weighted by Crippen LogP contribution is -2.18. The van der Waals surface area contributed by atoms with Crippen molar-refractivity contribution < 1.29 is 18.3 Å². The Morgan fingerprint density at radius 1 is 1.44 bits per heavy atom. The van der Waals surface area contributed by atoms with Crippen LogP contribution in [0.4, 0.5) is 14.5 Å². The van der Waals surface area contributed by atoms with Gasteiger partial charge in [0.2, 0.25) is 0 Å². The fraction of sp³-hybridized carbons (Fsp3) is 0.273. The molecular formula is C11H13ClF2N2O2. The van der Waals surface area contributed by atoms with Gasteiger partial charge < -0.3 is 10.5 Å². The minimum Gasteiger partial charge on any atom is -0.466 e. The van der Waals surface area contributed by atoms with E-state index in [9.17, 15) is 13.6 Å². The average Bonchev–Trinajstić information content (AvgIpc) is 2.22. The molecule has 18 heavy (non-hydrogen) atoms. The maximum absolute atomic E-state index is 13.2. The third-order valence-corrected chi connectivity index (χ3v) is 1.80. The number of amidine groups is 1. The van der Waals surface area contributed by atoms with Gasteiger partial charge in [0, 0.05) is 6.07 Å². The van der Waals surface area contributed by atoms with Gasteiger partial charge in [-0.1, -0.05) is 0 Å². The van der Waals surface area contributed by atoms with Gasteiger partial charge >= 0.3 is 5.97 Å². The molecule has 0 radical (unpaired) electrons. The molecule has 0 spiro atoms. The maximum Gasteiger partial charge on any atom is 0.313 e. The van der Waals surface area contributed by atoms with Crippen molar-refractivity contribution in [3.63, 3.8) is 0 Å². The monoisotopic (exact) mass is 278 g/mol. The van der Waals surface area contributed by atoms with E-state index in [1.54, 1.807) is 6.92 Å². The van der Waals surface area contributed by atoms with Gasteiger partial charge in [0.25, 0.3) is 0 Å². The van der Waals surface area contributed by atoms with Gasteiger partial charge in [0.05, 0.1) is 6.61 Å². The van der Waals surface area contributed by atoms with E-state index in [-0.39, 0.29) is 37.0 Å². The Morgan fingerprint density at radius 2 is 2.11 bits per heavy atom. The number of hydrogen-bond donors (Lipinski definition) is 1. The van der Waals surface area contributed by atoms with Crippen LogP contribution in [-0.4, -0.2) is 18.4 Å². The first-order chi connectivity index (χ1) is 8.02. The Hall–Kier alpha value is -1.69. The van der Waals surface area contributed by atoms with Crippen molar-refractivity contribution in [2.24, 2.45) is 10.7 Å². The highest BCUT2D eigenvalue weighted by Gasteiger charge is 2.07. The lowest BCUT2D eigenvalue weighted by atomic mass is 10.3. The van der Waals surface area contributed by atoms with Crippen LogP contribution in [-0.2, 0) is 9.53 Å². The Kier molecular flexibility index (Phi) is 6.89. The molecule has 0 aliphatic rings. The molecule has 0 unspecified atom stereocenters. The first-order valence-electron chi connectivity index (χ1n) is 4.96. The van der Waals surface area contributed by atoms with Crippen LogP contribution in [0.25, 0.3) is 0 Å². The van der Waals surface area contributed by atoms with Crippen molar-refractivity contribution in [2.75, 3.05) is 6.61 Å². The summed E-state index contributed by atoms with van der Waals surface area (Å²) >= 11 is 0. The van der Waals surface area contributed by atoms with Gasteiger partial charge in [-0.25, -0.2) is 13.8 Å². The summed E-state index contributed by atoms with van der Waals surface area (Å²) in [7, 11) is 0. The second kappa shape index (κ2) is 7.60. The van der Waals surface area contributed by atoms with E-state index in [4.69, 9.17) is 5.73 Å². The van der Waals surface area contributed by atoms with Crippen LogP contribution in [0.15, 0.2) is 23.2 Å². The minimum atomic E-state index is -0.836. The zero-order valence-electron chi connectivity index (χ0n) is 9.65. The van der Waals surface area contributed by atoms with Crippen molar-refractivity contribution >= 4 is 29.9 Å². The number of nitrogens with two attached hydrogens (primary N) is 1. The average molecular weight is 279 g/mol. The van der Waals surface area contributed by atoms with Gasteiger partial charge in [-0.05, 0) is 19.1 Å². The Balaban J connectivity index is 0.00000289. The first kappa shape index (κ1) is 16.3. The number of halogens is 3. The molecule has 0 amide bonds. The van der Waals surface area contributed by atoms with Crippen molar-refractivity contribution in [1.29, 1.82) is 0 Å². The summed E-state index contributed by atoms with van der Waals surface area (Å²) < 4.78 is 30.4. The van der Waals surface area contributed by atoms with Gasteiger partial charge in [-0.15, -0.1) is 12.4 Å². The van der Waals surface area contributed by atoms with E-state index in [1.807, 2.05) is 0 Å². The van der Waals surface area contributed by atoms with Crippen molar-refractivity contribution in [2.45, 2.75) is 13.3 Å². The molecular weight excluding hydrogens is 266 g/mol. The van der Waals surface area contributed by atoms with Gasteiger partial charge in [-0.2, -0.15) is 0 Å². The Morgan fingerprint density at radius 3 is 2.67 bits per heavy atom. The van der Waals surface area contributed by atoms with Gasteiger partial charge in [-0.3, -0.25) is 4.79 Å². The van der Waals surface area contributed by atoms with E-state index in [0.29, 0.717) is 6.07 Å². The van der Waals surface area contributed by atoms with E-state index in [2.05, 4.69) is 9.73 Å². The molecule has 0 aliphatic carbocycles.